The van der Waals surface area contributed by atoms with Crippen molar-refractivity contribution in [1.82, 2.24) is 0 Å². The van der Waals surface area contributed by atoms with Gasteiger partial charge in [-0.2, -0.15) is 0 Å². The molecule has 2 amide bonds. The SMILES string of the molecule is CCCCN1C(=O)CCc2cc(NC(=O)c3ccc([N+](=O)[O-])cc3Cl)ccc21. The van der Waals surface area contributed by atoms with Crippen molar-refractivity contribution in [3.63, 3.8) is 0 Å². The van der Waals surface area contributed by atoms with Crippen LogP contribution in [-0.2, 0) is 11.2 Å². The molecule has 7 nitrogen and oxygen atoms in total. The van der Waals surface area contributed by atoms with Crippen LogP contribution in [0.4, 0.5) is 17.1 Å². The van der Waals surface area contributed by atoms with Crippen LogP contribution in [-0.4, -0.2) is 23.3 Å². The normalized spacial score (nSPS) is 13.2. The topological polar surface area (TPSA) is 92.6 Å². The largest absolute Gasteiger partial charge is 0.322 e. The highest BCUT2D eigenvalue weighted by atomic mass is 35.5. The lowest BCUT2D eigenvalue weighted by Crippen LogP contribution is -2.35. The van der Waals surface area contributed by atoms with Gasteiger partial charge in [0.15, 0.2) is 0 Å². The third-order valence-electron chi connectivity index (χ3n) is 4.68. The Labute approximate surface area is 167 Å². The van der Waals surface area contributed by atoms with Crippen molar-refractivity contribution in [2.75, 3.05) is 16.8 Å². The number of anilines is 2. The summed E-state index contributed by atoms with van der Waals surface area (Å²) in [5.41, 5.74) is 2.46. The molecule has 0 radical (unpaired) electrons. The number of carbonyl (C=O) groups is 2. The minimum atomic E-state index is -0.567. The first kappa shape index (κ1) is 19.8. The fraction of sp³-hybridized carbons (Fsp3) is 0.300. The molecule has 0 spiro atoms. The van der Waals surface area contributed by atoms with Gasteiger partial charge in [-0.25, -0.2) is 0 Å². The molecule has 0 fully saturated rings. The monoisotopic (exact) mass is 401 g/mol. The maximum Gasteiger partial charge on any atom is 0.270 e. The first-order valence-electron chi connectivity index (χ1n) is 9.09. The predicted molar refractivity (Wildman–Crippen MR) is 108 cm³/mol. The van der Waals surface area contributed by atoms with Gasteiger partial charge in [0.05, 0.1) is 15.5 Å². The summed E-state index contributed by atoms with van der Waals surface area (Å²) in [5.74, 6) is -0.329. The van der Waals surface area contributed by atoms with Gasteiger partial charge in [0.25, 0.3) is 11.6 Å². The highest BCUT2D eigenvalue weighted by molar-refractivity contribution is 6.34. The smallest absolute Gasteiger partial charge is 0.270 e. The van der Waals surface area contributed by atoms with Crippen LogP contribution in [0.1, 0.15) is 42.1 Å². The minimum Gasteiger partial charge on any atom is -0.322 e. The zero-order valence-corrected chi connectivity index (χ0v) is 16.2. The Bertz CT molecular complexity index is 945. The highest BCUT2D eigenvalue weighted by Crippen LogP contribution is 2.31. The molecule has 0 atom stereocenters. The van der Waals surface area contributed by atoms with Crippen molar-refractivity contribution in [1.29, 1.82) is 0 Å². The number of nitro benzene ring substituents is 1. The second kappa shape index (κ2) is 8.39. The molecule has 0 bridgehead atoms. The Kier molecular flexibility index (Phi) is 5.94. The molecular formula is C20H20ClN3O4. The van der Waals surface area contributed by atoms with Crippen molar-refractivity contribution in [3.05, 3.63) is 62.7 Å². The van der Waals surface area contributed by atoms with E-state index in [9.17, 15) is 19.7 Å². The molecule has 1 heterocycles. The molecule has 0 unspecified atom stereocenters. The van der Waals surface area contributed by atoms with Crippen molar-refractivity contribution in [3.8, 4) is 0 Å². The Morgan fingerprint density at radius 1 is 1.25 bits per heavy atom. The molecule has 1 N–H and O–H groups in total. The van der Waals surface area contributed by atoms with Crippen LogP contribution in [0.15, 0.2) is 36.4 Å². The molecular weight excluding hydrogens is 382 g/mol. The molecule has 0 aromatic heterocycles. The first-order valence-corrected chi connectivity index (χ1v) is 9.47. The number of rotatable bonds is 6. The zero-order chi connectivity index (χ0) is 20.3. The molecule has 8 heteroatoms. The summed E-state index contributed by atoms with van der Waals surface area (Å²) in [6.45, 7) is 2.77. The molecule has 0 aliphatic carbocycles. The van der Waals surface area contributed by atoms with E-state index in [1.807, 2.05) is 12.1 Å². The number of carbonyl (C=O) groups excluding carboxylic acids is 2. The number of nitro groups is 1. The maximum atomic E-state index is 12.5. The average Bonchev–Trinajstić information content (AvgIpc) is 2.67. The molecule has 0 saturated heterocycles. The maximum absolute atomic E-state index is 12.5. The zero-order valence-electron chi connectivity index (χ0n) is 15.4. The highest BCUT2D eigenvalue weighted by Gasteiger charge is 2.24. The second-order valence-corrected chi connectivity index (χ2v) is 7.03. The second-order valence-electron chi connectivity index (χ2n) is 6.62. The fourth-order valence-electron chi connectivity index (χ4n) is 3.20. The van der Waals surface area contributed by atoms with Crippen LogP contribution in [0.3, 0.4) is 0 Å². The van der Waals surface area contributed by atoms with Crippen molar-refractivity contribution in [2.24, 2.45) is 0 Å². The van der Waals surface area contributed by atoms with Crippen molar-refractivity contribution >= 4 is 40.5 Å². The standard InChI is InChI=1S/C20H20ClN3O4/c1-2-3-10-23-18-8-5-14(11-13(18)4-9-19(23)25)22-20(26)16-7-6-15(24(27)28)12-17(16)21/h5-8,11-12H,2-4,9-10H2,1H3,(H,22,26). The lowest BCUT2D eigenvalue weighted by atomic mass is 10.00. The van der Waals surface area contributed by atoms with Gasteiger partial charge in [0, 0.05) is 36.5 Å². The number of aryl methyl sites for hydroxylation is 1. The quantitative estimate of drug-likeness (QED) is 0.566. The molecule has 146 valence electrons. The van der Waals surface area contributed by atoms with Gasteiger partial charge in [-0.1, -0.05) is 24.9 Å². The lowest BCUT2D eigenvalue weighted by Gasteiger charge is -2.29. The molecule has 28 heavy (non-hydrogen) atoms. The summed E-state index contributed by atoms with van der Waals surface area (Å²) < 4.78 is 0. The average molecular weight is 402 g/mol. The van der Waals surface area contributed by atoms with Crippen LogP contribution in [0.5, 0.6) is 0 Å². The summed E-state index contributed by atoms with van der Waals surface area (Å²) >= 11 is 6.02. The van der Waals surface area contributed by atoms with E-state index in [0.717, 1.165) is 30.2 Å². The van der Waals surface area contributed by atoms with Gasteiger partial charge >= 0.3 is 0 Å². The number of amides is 2. The number of halogens is 1. The molecule has 1 aliphatic heterocycles. The van der Waals surface area contributed by atoms with E-state index in [0.29, 0.717) is 25.1 Å². The number of nitrogens with zero attached hydrogens (tertiary/aromatic N) is 2. The van der Waals surface area contributed by atoms with Crippen LogP contribution < -0.4 is 10.2 Å². The number of nitrogens with one attached hydrogen (secondary N) is 1. The number of hydrogen-bond acceptors (Lipinski definition) is 4. The molecule has 3 rings (SSSR count). The summed E-state index contributed by atoms with van der Waals surface area (Å²) in [6, 6.07) is 9.17. The third-order valence-corrected chi connectivity index (χ3v) is 4.99. The first-order chi connectivity index (χ1) is 13.4. The molecule has 2 aromatic carbocycles. The van der Waals surface area contributed by atoms with Gasteiger partial charge < -0.3 is 10.2 Å². The van der Waals surface area contributed by atoms with Crippen LogP contribution in [0.25, 0.3) is 0 Å². The number of unbranched alkanes of at least 4 members (excludes halogenated alkanes) is 1. The number of benzene rings is 2. The molecule has 2 aromatic rings. The van der Waals surface area contributed by atoms with E-state index in [-0.39, 0.29) is 22.2 Å². The van der Waals surface area contributed by atoms with Gasteiger partial charge in [-0.3, -0.25) is 19.7 Å². The Hall–Kier alpha value is -2.93. The van der Waals surface area contributed by atoms with E-state index < -0.39 is 10.8 Å². The van der Waals surface area contributed by atoms with E-state index in [1.54, 1.807) is 11.0 Å². The van der Waals surface area contributed by atoms with E-state index in [1.165, 1.54) is 12.1 Å². The van der Waals surface area contributed by atoms with Crippen LogP contribution in [0.2, 0.25) is 5.02 Å². The molecule has 1 aliphatic rings. The number of hydrogen-bond donors (Lipinski definition) is 1. The predicted octanol–water partition coefficient (Wildman–Crippen LogP) is 4.58. The molecule has 0 saturated carbocycles. The van der Waals surface area contributed by atoms with Crippen LogP contribution in [0, 0.1) is 10.1 Å². The van der Waals surface area contributed by atoms with E-state index in [4.69, 9.17) is 11.6 Å². The number of non-ortho nitro benzene ring substituents is 1. The van der Waals surface area contributed by atoms with Crippen LogP contribution >= 0.6 is 11.6 Å². The third kappa shape index (κ3) is 4.14. The van der Waals surface area contributed by atoms with Gasteiger partial charge in [0.1, 0.15) is 0 Å². The fourth-order valence-corrected chi connectivity index (χ4v) is 3.46. The number of fused-ring (bicyclic) bond motifs is 1. The van der Waals surface area contributed by atoms with Gasteiger partial charge in [-0.15, -0.1) is 0 Å². The van der Waals surface area contributed by atoms with Gasteiger partial charge in [-0.05, 0) is 42.7 Å². The minimum absolute atomic E-state index is 0.0148. The summed E-state index contributed by atoms with van der Waals surface area (Å²) in [4.78, 5) is 36.8. The Morgan fingerprint density at radius 2 is 2.04 bits per heavy atom. The summed E-state index contributed by atoms with van der Waals surface area (Å²) in [6.07, 6.45) is 3.01. The van der Waals surface area contributed by atoms with Crippen molar-refractivity contribution in [2.45, 2.75) is 32.6 Å². The van der Waals surface area contributed by atoms with Gasteiger partial charge in [0.2, 0.25) is 5.91 Å². The lowest BCUT2D eigenvalue weighted by molar-refractivity contribution is -0.384. The van der Waals surface area contributed by atoms with E-state index in [2.05, 4.69) is 12.2 Å². The Balaban J connectivity index is 1.80. The Morgan fingerprint density at radius 3 is 2.71 bits per heavy atom. The summed E-state index contributed by atoms with van der Waals surface area (Å²) in [5, 5.41) is 13.6. The summed E-state index contributed by atoms with van der Waals surface area (Å²) in [7, 11) is 0. The van der Waals surface area contributed by atoms with Crippen molar-refractivity contribution < 1.29 is 14.5 Å². The van der Waals surface area contributed by atoms with E-state index >= 15 is 0 Å².